The highest BCUT2D eigenvalue weighted by atomic mass is 79.9. The van der Waals surface area contributed by atoms with E-state index in [0.29, 0.717) is 11.4 Å². The van der Waals surface area contributed by atoms with Gasteiger partial charge in [-0.05, 0) is 60.7 Å². The number of carbonyl (C=O) groups is 2. The second-order valence-electron chi connectivity index (χ2n) is 6.76. The molecule has 0 saturated carbocycles. The zero-order valence-electron chi connectivity index (χ0n) is 14.7. The van der Waals surface area contributed by atoms with Crippen molar-refractivity contribution in [1.82, 2.24) is 10.7 Å². The summed E-state index contributed by atoms with van der Waals surface area (Å²) < 4.78 is 0.931. The van der Waals surface area contributed by atoms with Crippen LogP contribution in [0.5, 0.6) is 0 Å². The number of hydrogen-bond acceptors (Lipinski definition) is 3. The number of hydrazine groups is 1. The van der Waals surface area contributed by atoms with Crippen molar-refractivity contribution in [2.75, 3.05) is 5.01 Å². The van der Waals surface area contributed by atoms with Crippen molar-refractivity contribution in [2.24, 2.45) is 0 Å². The molecular formula is C21H20BrN3O2. The third-order valence-corrected chi connectivity index (χ3v) is 5.50. The summed E-state index contributed by atoms with van der Waals surface area (Å²) in [7, 11) is 0. The van der Waals surface area contributed by atoms with Crippen LogP contribution in [0.2, 0.25) is 0 Å². The lowest BCUT2D eigenvalue weighted by molar-refractivity contribution is -0.120. The van der Waals surface area contributed by atoms with Crippen molar-refractivity contribution >= 4 is 33.4 Å². The van der Waals surface area contributed by atoms with Crippen LogP contribution in [0.15, 0.2) is 64.8 Å². The van der Waals surface area contributed by atoms with E-state index in [1.54, 1.807) is 6.08 Å². The summed E-state index contributed by atoms with van der Waals surface area (Å²) in [4.78, 5) is 25.1. The molecule has 0 spiro atoms. The Morgan fingerprint density at radius 3 is 2.74 bits per heavy atom. The number of anilines is 1. The fourth-order valence-electron chi connectivity index (χ4n) is 3.59. The Labute approximate surface area is 166 Å². The predicted octanol–water partition coefficient (Wildman–Crippen LogP) is 3.77. The Morgan fingerprint density at radius 1 is 1.15 bits per heavy atom. The highest BCUT2D eigenvalue weighted by molar-refractivity contribution is 9.10. The van der Waals surface area contributed by atoms with Gasteiger partial charge in [-0.15, -0.1) is 0 Å². The second-order valence-corrected chi connectivity index (χ2v) is 7.67. The van der Waals surface area contributed by atoms with E-state index in [1.807, 2.05) is 36.4 Å². The first-order valence-corrected chi connectivity index (χ1v) is 9.85. The number of hydrogen-bond donors (Lipinski definition) is 2. The van der Waals surface area contributed by atoms with Crippen LogP contribution < -0.4 is 15.8 Å². The van der Waals surface area contributed by atoms with Crippen molar-refractivity contribution in [3.63, 3.8) is 0 Å². The maximum atomic E-state index is 12.8. The summed E-state index contributed by atoms with van der Waals surface area (Å²) in [5, 5.41) is 4.55. The number of carbonyl (C=O) groups excluding carboxylic acids is 2. The van der Waals surface area contributed by atoms with Gasteiger partial charge in [0.1, 0.15) is 5.70 Å². The topological polar surface area (TPSA) is 61.4 Å². The number of halogens is 1. The Balaban J connectivity index is 1.49. The Hall–Kier alpha value is -2.60. The van der Waals surface area contributed by atoms with Gasteiger partial charge < -0.3 is 5.32 Å². The molecule has 0 fully saturated rings. The fourth-order valence-corrected chi connectivity index (χ4v) is 3.86. The van der Waals surface area contributed by atoms with Gasteiger partial charge in [0.15, 0.2) is 0 Å². The molecule has 2 aliphatic rings. The zero-order chi connectivity index (χ0) is 18.8. The Kier molecular flexibility index (Phi) is 4.99. The van der Waals surface area contributed by atoms with Crippen LogP contribution in [0.4, 0.5) is 5.69 Å². The first-order chi connectivity index (χ1) is 13.1. The lowest BCUT2D eigenvalue weighted by Gasteiger charge is -2.31. The van der Waals surface area contributed by atoms with Crippen LogP contribution in [0.3, 0.4) is 0 Å². The number of benzene rings is 2. The minimum Gasteiger partial charge on any atom is -0.344 e. The third kappa shape index (κ3) is 3.76. The molecule has 1 heterocycles. The van der Waals surface area contributed by atoms with Crippen LogP contribution in [0, 0.1) is 0 Å². The summed E-state index contributed by atoms with van der Waals surface area (Å²) in [5.74, 6) is -0.289. The highest BCUT2D eigenvalue weighted by Crippen LogP contribution is 2.29. The molecule has 2 N–H and O–H groups in total. The molecule has 2 aromatic rings. The van der Waals surface area contributed by atoms with Crippen molar-refractivity contribution in [3.05, 3.63) is 75.9 Å². The molecule has 0 aromatic heterocycles. The maximum Gasteiger partial charge on any atom is 0.269 e. The molecule has 0 bridgehead atoms. The normalized spacial score (nSPS) is 19.0. The average molecular weight is 426 g/mol. The van der Waals surface area contributed by atoms with E-state index in [1.165, 1.54) is 16.1 Å². The number of amides is 2. The van der Waals surface area contributed by atoms with Crippen LogP contribution in [-0.4, -0.2) is 11.8 Å². The van der Waals surface area contributed by atoms with Crippen LogP contribution in [-0.2, 0) is 16.0 Å². The molecular weight excluding hydrogens is 406 g/mol. The predicted molar refractivity (Wildman–Crippen MR) is 108 cm³/mol. The zero-order valence-corrected chi connectivity index (χ0v) is 16.3. The standard InChI is InChI=1S/C21H20BrN3O2/c22-15-8-10-16(11-9-15)25-20(26)13-12-19(24-25)21(27)23-18-7-3-5-14-4-1-2-6-17(14)18/h1-2,4,6,8-12,18,24H,3,5,7,13H2,(H,23,27). The number of nitrogens with zero attached hydrogens (tertiary/aromatic N) is 1. The molecule has 5 nitrogen and oxygen atoms in total. The summed E-state index contributed by atoms with van der Waals surface area (Å²) in [5.41, 5.74) is 6.56. The van der Waals surface area contributed by atoms with Gasteiger partial charge in [-0.2, -0.15) is 0 Å². The first kappa shape index (κ1) is 17.8. The van der Waals surface area contributed by atoms with Gasteiger partial charge in [0, 0.05) is 10.9 Å². The molecule has 6 heteroatoms. The molecule has 2 amide bonds. The fraction of sp³-hybridized carbons (Fsp3) is 0.238. The number of nitrogens with one attached hydrogen (secondary N) is 2. The lowest BCUT2D eigenvalue weighted by atomic mass is 9.87. The summed E-state index contributed by atoms with van der Waals surface area (Å²) in [6, 6.07) is 15.6. The summed E-state index contributed by atoms with van der Waals surface area (Å²) >= 11 is 3.39. The largest absolute Gasteiger partial charge is 0.344 e. The second kappa shape index (κ2) is 7.56. The van der Waals surface area contributed by atoms with Crippen LogP contribution in [0.1, 0.15) is 36.4 Å². The molecule has 4 rings (SSSR count). The van der Waals surface area contributed by atoms with Gasteiger partial charge in [0.05, 0.1) is 11.7 Å². The van der Waals surface area contributed by atoms with Crippen LogP contribution >= 0.6 is 15.9 Å². The van der Waals surface area contributed by atoms with E-state index in [4.69, 9.17) is 0 Å². The Morgan fingerprint density at radius 2 is 1.93 bits per heavy atom. The van der Waals surface area contributed by atoms with Crippen molar-refractivity contribution < 1.29 is 9.59 Å². The minimum absolute atomic E-state index is 0.00362. The van der Waals surface area contributed by atoms with Gasteiger partial charge in [0.2, 0.25) is 5.91 Å². The van der Waals surface area contributed by atoms with Gasteiger partial charge in [0.25, 0.3) is 5.91 Å². The Bertz CT molecular complexity index is 908. The number of rotatable bonds is 3. The van der Waals surface area contributed by atoms with Crippen molar-refractivity contribution in [2.45, 2.75) is 31.7 Å². The quantitative estimate of drug-likeness (QED) is 0.786. The first-order valence-electron chi connectivity index (χ1n) is 9.06. The minimum atomic E-state index is -0.189. The molecule has 27 heavy (non-hydrogen) atoms. The van der Waals surface area contributed by atoms with E-state index < -0.39 is 0 Å². The molecule has 1 unspecified atom stereocenters. The molecule has 0 saturated heterocycles. The summed E-state index contributed by atoms with van der Waals surface area (Å²) in [6.45, 7) is 0. The van der Waals surface area contributed by atoms with E-state index >= 15 is 0 Å². The monoisotopic (exact) mass is 425 g/mol. The van der Waals surface area contributed by atoms with Crippen LogP contribution in [0.25, 0.3) is 0 Å². The van der Waals surface area contributed by atoms with E-state index in [2.05, 4.69) is 38.8 Å². The van der Waals surface area contributed by atoms with Gasteiger partial charge in [-0.3, -0.25) is 15.0 Å². The van der Waals surface area contributed by atoms with Crippen molar-refractivity contribution in [1.29, 1.82) is 0 Å². The van der Waals surface area contributed by atoms with Gasteiger partial charge in [-0.25, -0.2) is 5.01 Å². The number of fused-ring (bicyclic) bond motifs is 1. The SMILES string of the molecule is O=C(NC1CCCc2ccccc21)C1=CCC(=O)N(c2ccc(Br)cc2)N1. The van der Waals surface area contributed by atoms with E-state index in [-0.39, 0.29) is 24.3 Å². The molecule has 1 aliphatic carbocycles. The molecule has 1 aliphatic heterocycles. The highest BCUT2D eigenvalue weighted by Gasteiger charge is 2.27. The molecule has 2 aromatic carbocycles. The molecule has 1 atom stereocenters. The maximum absolute atomic E-state index is 12.8. The third-order valence-electron chi connectivity index (χ3n) is 4.97. The molecule has 138 valence electrons. The smallest absolute Gasteiger partial charge is 0.269 e. The lowest BCUT2D eigenvalue weighted by Crippen LogP contribution is -2.49. The van der Waals surface area contributed by atoms with E-state index in [0.717, 1.165) is 23.7 Å². The average Bonchev–Trinajstić information content (AvgIpc) is 2.69. The van der Waals surface area contributed by atoms with Crippen molar-refractivity contribution in [3.8, 4) is 0 Å². The number of aryl methyl sites for hydroxylation is 1. The van der Waals surface area contributed by atoms with E-state index in [9.17, 15) is 9.59 Å². The molecule has 0 radical (unpaired) electrons. The van der Waals surface area contributed by atoms with Gasteiger partial charge in [-0.1, -0.05) is 40.2 Å². The summed E-state index contributed by atoms with van der Waals surface area (Å²) in [6.07, 6.45) is 4.87. The van der Waals surface area contributed by atoms with Gasteiger partial charge >= 0.3 is 0 Å².